The molecular weight excluding hydrogens is 569 g/mol. The number of ether oxygens (including phenoxy) is 1. The Bertz CT molecular complexity index is 1620. The summed E-state index contributed by atoms with van der Waals surface area (Å²) in [7, 11) is -2.76. The Kier molecular flexibility index (Phi) is 10.5. The van der Waals surface area contributed by atoms with Crippen molar-refractivity contribution in [3.63, 3.8) is 0 Å². The third-order valence-corrected chi connectivity index (χ3v) is 8.62. The van der Waals surface area contributed by atoms with Crippen LogP contribution in [0.4, 0.5) is 10.1 Å². The molecular formula is C33H34FN3O5S. The molecule has 0 aliphatic rings. The number of halogens is 1. The molecule has 8 nitrogen and oxygen atoms in total. The minimum Gasteiger partial charge on any atom is -0.497 e. The van der Waals surface area contributed by atoms with Gasteiger partial charge in [0.05, 0.1) is 17.7 Å². The van der Waals surface area contributed by atoms with Crippen molar-refractivity contribution in [2.45, 2.75) is 30.8 Å². The molecule has 43 heavy (non-hydrogen) atoms. The van der Waals surface area contributed by atoms with E-state index < -0.39 is 34.3 Å². The molecule has 1 N–H and O–H groups in total. The number of sulfonamides is 1. The average Bonchev–Trinajstić information content (AvgIpc) is 3.02. The summed E-state index contributed by atoms with van der Waals surface area (Å²) in [6.45, 7) is 1.56. The summed E-state index contributed by atoms with van der Waals surface area (Å²) in [4.78, 5) is 29.1. The number of para-hydroxylation sites is 1. The Hall–Kier alpha value is -4.70. The fourth-order valence-electron chi connectivity index (χ4n) is 4.67. The topological polar surface area (TPSA) is 96.0 Å². The lowest BCUT2D eigenvalue weighted by molar-refractivity contribution is -0.140. The number of nitrogens with zero attached hydrogens (tertiary/aromatic N) is 2. The zero-order chi connectivity index (χ0) is 30.8. The van der Waals surface area contributed by atoms with Gasteiger partial charge in [0.25, 0.3) is 10.0 Å². The summed E-state index contributed by atoms with van der Waals surface area (Å²) in [6.07, 6.45) is 0.207. The molecule has 10 heteroatoms. The van der Waals surface area contributed by atoms with Gasteiger partial charge in [0.2, 0.25) is 11.8 Å². The number of hydrogen-bond acceptors (Lipinski definition) is 5. The molecule has 0 unspecified atom stereocenters. The lowest BCUT2D eigenvalue weighted by atomic mass is 10.0. The molecule has 4 aromatic rings. The number of amides is 2. The van der Waals surface area contributed by atoms with E-state index in [1.807, 2.05) is 36.4 Å². The second-order valence-electron chi connectivity index (χ2n) is 9.77. The average molecular weight is 604 g/mol. The molecule has 224 valence electrons. The molecule has 0 saturated carbocycles. The number of nitrogens with one attached hydrogen (secondary N) is 1. The van der Waals surface area contributed by atoms with E-state index in [1.165, 1.54) is 12.0 Å². The highest BCUT2D eigenvalue weighted by Gasteiger charge is 2.34. The molecule has 0 radical (unpaired) electrons. The van der Waals surface area contributed by atoms with E-state index in [4.69, 9.17) is 4.74 Å². The fraction of sp³-hybridized carbons (Fsp3) is 0.212. The predicted molar refractivity (Wildman–Crippen MR) is 164 cm³/mol. The number of likely N-dealkylation sites (N-methyl/N-ethyl adjacent to an activating group) is 1. The zero-order valence-electron chi connectivity index (χ0n) is 24.0. The van der Waals surface area contributed by atoms with Gasteiger partial charge < -0.3 is 15.0 Å². The molecule has 0 heterocycles. The first kappa shape index (κ1) is 31.2. The van der Waals surface area contributed by atoms with E-state index in [0.717, 1.165) is 34.1 Å². The molecule has 0 aromatic heterocycles. The summed E-state index contributed by atoms with van der Waals surface area (Å²) in [5, 5.41) is 2.83. The summed E-state index contributed by atoms with van der Waals surface area (Å²) in [6, 6.07) is 28.1. The summed E-state index contributed by atoms with van der Waals surface area (Å²) in [5.74, 6) is -0.969. The van der Waals surface area contributed by atoms with E-state index >= 15 is 0 Å². The van der Waals surface area contributed by atoms with Crippen LogP contribution in [0.1, 0.15) is 18.1 Å². The van der Waals surface area contributed by atoms with Crippen LogP contribution in [0.5, 0.6) is 5.75 Å². The van der Waals surface area contributed by atoms with Crippen LogP contribution >= 0.6 is 0 Å². The first-order valence-electron chi connectivity index (χ1n) is 13.8. The highest BCUT2D eigenvalue weighted by molar-refractivity contribution is 7.92. The quantitative estimate of drug-likeness (QED) is 0.237. The molecule has 4 rings (SSSR count). The van der Waals surface area contributed by atoms with Crippen LogP contribution in [0.3, 0.4) is 0 Å². The molecule has 0 bridgehead atoms. The highest BCUT2D eigenvalue weighted by Crippen LogP contribution is 2.25. The maximum Gasteiger partial charge on any atom is 0.264 e. The Morgan fingerprint density at radius 2 is 1.49 bits per heavy atom. The molecule has 4 aromatic carbocycles. The van der Waals surface area contributed by atoms with Gasteiger partial charge in [0.15, 0.2) is 0 Å². The van der Waals surface area contributed by atoms with Crippen molar-refractivity contribution in [2.75, 3.05) is 24.5 Å². The molecule has 2 amide bonds. The van der Waals surface area contributed by atoms with E-state index in [0.29, 0.717) is 17.9 Å². The van der Waals surface area contributed by atoms with E-state index in [9.17, 15) is 22.4 Å². The minimum absolute atomic E-state index is 0.0178. The van der Waals surface area contributed by atoms with Crippen LogP contribution < -0.4 is 14.4 Å². The monoisotopic (exact) mass is 603 g/mol. The Morgan fingerprint density at radius 1 is 0.860 bits per heavy atom. The van der Waals surface area contributed by atoms with Crippen molar-refractivity contribution in [3.8, 4) is 5.75 Å². The number of benzene rings is 4. The van der Waals surface area contributed by atoms with Crippen LogP contribution in [0.2, 0.25) is 0 Å². The zero-order valence-corrected chi connectivity index (χ0v) is 24.8. The lowest BCUT2D eigenvalue weighted by Crippen LogP contribution is -2.53. The molecule has 0 aliphatic heterocycles. The predicted octanol–water partition coefficient (Wildman–Crippen LogP) is 4.81. The SMILES string of the molecule is CCNC(=O)[C@H](Cc1ccccc1)N(Cc1cccc(OC)c1)C(=O)CN(c1ccccc1)S(=O)(=O)c1ccc(F)cc1. The maximum atomic E-state index is 14.3. The maximum absolute atomic E-state index is 14.3. The van der Waals surface area contributed by atoms with Crippen LogP contribution in [0.15, 0.2) is 114 Å². The number of hydrogen-bond donors (Lipinski definition) is 1. The summed E-state index contributed by atoms with van der Waals surface area (Å²) >= 11 is 0. The third kappa shape index (κ3) is 7.98. The Balaban J connectivity index is 1.78. The molecule has 0 fully saturated rings. The standard InChI is InChI=1S/C33H34FN3O5S/c1-3-35-33(39)31(22-25-11-6-4-7-12-25)36(23-26-13-10-16-29(21-26)42-2)32(38)24-37(28-14-8-5-9-15-28)43(40,41)30-19-17-27(34)18-20-30/h4-21,31H,3,22-24H2,1-2H3,(H,35,39)/t31-/m0/s1. The first-order valence-corrected chi connectivity index (χ1v) is 15.2. The third-order valence-electron chi connectivity index (χ3n) is 6.83. The molecule has 0 saturated heterocycles. The van der Waals surface area contributed by atoms with E-state index in [1.54, 1.807) is 55.5 Å². The van der Waals surface area contributed by atoms with Crippen LogP contribution in [-0.4, -0.2) is 51.4 Å². The summed E-state index contributed by atoms with van der Waals surface area (Å²) < 4.78 is 47.8. The number of rotatable bonds is 13. The Labute approximate surface area is 251 Å². The van der Waals surface area contributed by atoms with Crippen molar-refractivity contribution >= 4 is 27.5 Å². The number of anilines is 1. The van der Waals surface area contributed by atoms with Crippen molar-refractivity contribution in [2.24, 2.45) is 0 Å². The van der Waals surface area contributed by atoms with Crippen LogP contribution in [0, 0.1) is 5.82 Å². The van der Waals surface area contributed by atoms with Crippen molar-refractivity contribution in [1.82, 2.24) is 10.2 Å². The van der Waals surface area contributed by atoms with Gasteiger partial charge >= 0.3 is 0 Å². The molecule has 0 aliphatic carbocycles. The normalized spacial score (nSPS) is 11.8. The van der Waals surface area contributed by atoms with Gasteiger partial charge in [-0.25, -0.2) is 12.8 Å². The summed E-state index contributed by atoms with van der Waals surface area (Å²) in [5.41, 5.74) is 1.78. The van der Waals surface area contributed by atoms with Crippen LogP contribution in [-0.2, 0) is 32.6 Å². The van der Waals surface area contributed by atoms with Gasteiger partial charge in [-0.3, -0.25) is 13.9 Å². The van der Waals surface area contributed by atoms with Crippen molar-refractivity contribution < 1.29 is 27.1 Å². The number of carbonyl (C=O) groups is 2. The van der Waals surface area contributed by atoms with Gasteiger partial charge in [-0.2, -0.15) is 0 Å². The first-order chi connectivity index (χ1) is 20.7. The van der Waals surface area contributed by atoms with Crippen molar-refractivity contribution in [3.05, 3.63) is 126 Å². The van der Waals surface area contributed by atoms with E-state index in [2.05, 4.69) is 5.32 Å². The largest absolute Gasteiger partial charge is 0.497 e. The highest BCUT2D eigenvalue weighted by atomic mass is 32.2. The smallest absolute Gasteiger partial charge is 0.264 e. The van der Waals surface area contributed by atoms with E-state index in [-0.39, 0.29) is 29.5 Å². The second-order valence-corrected chi connectivity index (χ2v) is 11.6. The molecule has 1 atom stereocenters. The fourth-order valence-corrected chi connectivity index (χ4v) is 6.08. The van der Waals surface area contributed by atoms with Crippen molar-refractivity contribution in [1.29, 1.82) is 0 Å². The Morgan fingerprint density at radius 3 is 2.12 bits per heavy atom. The van der Waals surface area contributed by atoms with Gasteiger partial charge in [-0.1, -0.05) is 60.7 Å². The number of carbonyl (C=O) groups excluding carboxylic acids is 2. The lowest BCUT2D eigenvalue weighted by Gasteiger charge is -2.33. The molecule has 0 spiro atoms. The van der Waals surface area contributed by atoms with Gasteiger partial charge in [-0.05, 0) is 66.6 Å². The van der Waals surface area contributed by atoms with Crippen LogP contribution in [0.25, 0.3) is 0 Å². The number of methoxy groups -OCH3 is 1. The second kappa shape index (κ2) is 14.5. The minimum atomic E-state index is -4.30. The van der Waals surface area contributed by atoms with Gasteiger partial charge in [0.1, 0.15) is 24.2 Å². The van der Waals surface area contributed by atoms with Gasteiger partial charge in [0, 0.05) is 19.5 Å². The van der Waals surface area contributed by atoms with Gasteiger partial charge in [-0.15, -0.1) is 0 Å².